The Hall–Kier alpha value is -1.77. The first-order valence-electron chi connectivity index (χ1n) is 9.22. The minimum Gasteiger partial charge on any atom is -0.311 e. The Balaban J connectivity index is 1.74. The zero-order valence-corrected chi connectivity index (χ0v) is 17.3. The highest BCUT2D eigenvalue weighted by Crippen LogP contribution is 2.26. The first-order chi connectivity index (χ1) is 13.2. The lowest BCUT2D eigenvalue weighted by atomic mass is 10.1. The summed E-state index contributed by atoms with van der Waals surface area (Å²) >= 11 is 0. The van der Waals surface area contributed by atoms with Crippen LogP contribution in [-0.4, -0.2) is 46.2 Å². The zero-order valence-electron chi connectivity index (χ0n) is 15.6. The van der Waals surface area contributed by atoms with Crippen molar-refractivity contribution in [2.45, 2.75) is 36.0 Å². The van der Waals surface area contributed by atoms with Gasteiger partial charge in [0.15, 0.2) is 19.7 Å². The Bertz CT molecular complexity index is 1020. The Morgan fingerprint density at radius 2 is 1.61 bits per heavy atom. The minimum atomic E-state index is -3.78. The first-order valence-corrected chi connectivity index (χ1v) is 12.6. The monoisotopic (exact) mass is 425 g/mol. The molecule has 1 fully saturated rings. The summed E-state index contributed by atoms with van der Waals surface area (Å²) in [4.78, 5) is 0.150. The molecule has 1 aliphatic rings. The van der Waals surface area contributed by atoms with Crippen LogP contribution in [0.5, 0.6) is 0 Å². The van der Waals surface area contributed by atoms with Crippen molar-refractivity contribution in [1.29, 1.82) is 0 Å². The van der Waals surface area contributed by atoms with Crippen molar-refractivity contribution in [3.63, 3.8) is 0 Å². The molecule has 3 rings (SSSR count). The van der Waals surface area contributed by atoms with E-state index in [0.717, 1.165) is 17.5 Å². The maximum absolute atomic E-state index is 13.1. The number of sulfone groups is 2. The largest absolute Gasteiger partial charge is 0.311 e. The maximum Gasteiger partial charge on any atom is 0.183 e. The highest BCUT2D eigenvalue weighted by atomic mass is 32.2. The van der Waals surface area contributed by atoms with E-state index in [2.05, 4.69) is 5.32 Å². The molecule has 0 radical (unpaired) electrons. The summed E-state index contributed by atoms with van der Waals surface area (Å²) in [5, 5.41) is 2.08. The van der Waals surface area contributed by atoms with Crippen LogP contribution in [0.2, 0.25) is 0 Å². The van der Waals surface area contributed by atoms with Crippen molar-refractivity contribution in [1.82, 2.24) is 5.32 Å². The van der Waals surface area contributed by atoms with Gasteiger partial charge in [0.2, 0.25) is 0 Å². The fraction of sp³-hybridized carbons (Fsp3) is 0.400. The van der Waals surface area contributed by atoms with E-state index >= 15 is 0 Å². The van der Waals surface area contributed by atoms with Crippen LogP contribution in [0.4, 0.5) is 4.39 Å². The fourth-order valence-corrected chi connectivity index (χ4v) is 8.17. The summed E-state index contributed by atoms with van der Waals surface area (Å²) in [6.45, 7) is 2.39. The van der Waals surface area contributed by atoms with Crippen LogP contribution in [0.3, 0.4) is 0 Å². The second-order valence-corrected chi connectivity index (χ2v) is 11.4. The molecule has 0 bridgehead atoms. The van der Waals surface area contributed by atoms with Gasteiger partial charge in [-0.1, -0.05) is 31.2 Å². The molecule has 1 aliphatic heterocycles. The summed E-state index contributed by atoms with van der Waals surface area (Å²) in [6.07, 6.45) is 1.35. The van der Waals surface area contributed by atoms with E-state index in [-0.39, 0.29) is 22.2 Å². The Labute approximate surface area is 165 Å². The number of halogens is 1. The van der Waals surface area contributed by atoms with Crippen molar-refractivity contribution in [2.24, 2.45) is 0 Å². The van der Waals surface area contributed by atoms with Gasteiger partial charge in [-0.3, -0.25) is 0 Å². The van der Waals surface area contributed by atoms with Crippen molar-refractivity contribution in [2.75, 3.05) is 18.1 Å². The quantitative estimate of drug-likeness (QED) is 0.735. The average molecular weight is 426 g/mol. The lowest BCUT2D eigenvalue weighted by Gasteiger charge is -2.20. The van der Waals surface area contributed by atoms with E-state index in [1.54, 1.807) is 36.4 Å². The predicted octanol–water partition coefficient (Wildman–Crippen LogP) is 2.16. The highest BCUT2D eigenvalue weighted by Gasteiger charge is 2.45. The Morgan fingerprint density at radius 3 is 2.21 bits per heavy atom. The predicted molar refractivity (Wildman–Crippen MR) is 107 cm³/mol. The number of hydrogen-bond acceptors (Lipinski definition) is 5. The van der Waals surface area contributed by atoms with Gasteiger partial charge < -0.3 is 5.32 Å². The second-order valence-electron chi connectivity index (χ2n) is 7.09. The molecular weight excluding hydrogens is 401 g/mol. The standard InChI is InChI=1S/C20H24FNO4S2/c1-2-15-5-9-18(10-6-15)28(25,26)20-14-27(23,24)13-19(20)22-12-11-16-3-7-17(21)8-4-16/h3-10,19-20,22H,2,11-14H2,1H3/t19-,20-/m0/s1. The summed E-state index contributed by atoms with van der Waals surface area (Å²) in [5.74, 6) is -0.897. The number of benzene rings is 2. The van der Waals surface area contributed by atoms with Gasteiger partial charge in [-0.05, 0) is 54.8 Å². The zero-order chi connectivity index (χ0) is 20.4. The van der Waals surface area contributed by atoms with Crippen molar-refractivity contribution >= 4 is 19.7 Å². The van der Waals surface area contributed by atoms with Gasteiger partial charge in [-0.15, -0.1) is 0 Å². The molecule has 0 saturated carbocycles. The van der Waals surface area contributed by atoms with E-state index in [1.807, 2.05) is 6.92 Å². The van der Waals surface area contributed by atoms with Gasteiger partial charge in [0.25, 0.3) is 0 Å². The summed E-state index contributed by atoms with van der Waals surface area (Å²) in [5.41, 5.74) is 1.91. The molecule has 1 saturated heterocycles. The van der Waals surface area contributed by atoms with Crippen molar-refractivity contribution < 1.29 is 21.2 Å². The van der Waals surface area contributed by atoms with Crippen LogP contribution >= 0.6 is 0 Å². The van der Waals surface area contributed by atoms with Crippen LogP contribution in [0.25, 0.3) is 0 Å². The summed E-state index contributed by atoms with van der Waals surface area (Å²) < 4.78 is 63.4. The second kappa shape index (κ2) is 8.31. The Morgan fingerprint density at radius 1 is 1.00 bits per heavy atom. The summed E-state index contributed by atoms with van der Waals surface area (Å²) in [7, 11) is -7.22. The van der Waals surface area contributed by atoms with E-state index < -0.39 is 31.0 Å². The van der Waals surface area contributed by atoms with Crippen molar-refractivity contribution in [3.05, 3.63) is 65.5 Å². The molecule has 0 spiro atoms. The molecule has 1 heterocycles. The molecule has 0 aromatic heterocycles. The lowest BCUT2D eigenvalue weighted by Crippen LogP contribution is -2.44. The van der Waals surface area contributed by atoms with Crippen LogP contribution in [0, 0.1) is 5.82 Å². The number of aryl methyl sites for hydroxylation is 1. The molecule has 5 nitrogen and oxygen atoms in total. The maximum atomic E-state index is 13.1. The van der Waals surface area contributed by atoms with Crippen LogP contribution in [0.15, 0.2) is 53.4 Å². The third kappa shape index (κ3) is 4.79. The molecule has 2 aromatic rings. The van der Waals surface area contributed by atoms with E-state index in [9.17, 15) is 21.2 Å². The van der Waals surface area contributed by atoms with Gasteiger partial charge in [0, 0.05) is 6.04 Å². The van der Waals surface area contributed by atoms with Gasteiger partial charge in [-0.2, -0.15) is 0 Å². The van der Waals surface area contributed by atoms with E-state index in [1.165, 1.54) is 12.1 Å². The molecule has 2 atom stereocenters. The fourth-order valence-electron chi connectivity index (χ4n) is 3.45. The third-order valence-corrected chi connectivity index (χ3v) is 9.26. The van der Waals surface area contributed by atoms with Crippen LogP contribution < -0.4 is 5.32 Å². The first kappa shape index (κ1) is 21.0. The molecule has 1 N–H and O–H groups in total. The number of nitrogens with one attached hydrogen (secondary N) is 1. The third-order valence-electron chi connectivity index (χ3n) is 5.09. The van der Waals surface area contributed by atoms with E-state index in [0.29, 0.717) is 13.0 Å². The normalized spacial score (nSPS) is 21.6. The average Bonchev–Trinajstić information content (AvgIpc) is 2.99. The minimum absolute atomic E-state index is 0.150. The molecule has 8 heteroatoms. The lowest BCUT2D eigenvalue weighted by molar-refractivity contribution is 0.528. The smallest absolute Gasteiger partial charge is 0.183 e. The highest BCUT2D eigenvalue weighted by molar-refractivity contribution is 7.96. The summed E-state index contributed by atoms with van der Waals surface area (Å²) in [6, 6.07) is 12.0. The van der Waals surface area contributed by atoms with E-state index in [4.69, 9.17) is 0 Å². The molecular formula is C20H24FNO4S2. The Kier molecular flexibility index (Phi) is 6.21. The molecule has 0 amide bonds. The van der Waals surface area contributed by atoms with Crippen molar-refractivity contribution in [3.8, 4) is 0 Å². The van der Waals surface area contributed by atoms with Gasteiger partial charge in [0.05, 0.1) is 21.7 Å². The molecule has 28 heavy (non-hydrogen) atoms. The van der Waals surface area contributed by atoms with Gasteiger partial charge in [-0.25, -0.2) is 21.2 Å². The van der Waals surface area contributed by atoms with Crippen LogP contribution in [0.1, 0.15) is 18.1 Å². The molecule has 0 unspecified atom stereocenters. The topological polar surface area (TPSA) is 80.3 Å². The number of hydrogen-bond donors (Lipinski definition) is 1. The molecule has 152 valence electrons. The van der Waals surface area contributed by atoms with Crippen LogP contribution in [-0.2, 0) is 32.5 Å². The molecule has 2 aromatic carbocycles. The SMILES string of the molecule is CCc1ccc(S(=O)(=O)[C@H]2CS(=O)(=O)C[C@@H]2NCCc2ccc(F)cc2)cc1. The van der Waals surface area contributed by atoms with Gasteiger partial charge in [0.1, 0.15) is 5.82 Å². The molecule has 0 aliphatic carbocycles. The van der Waals surface area contributed by atoms with Gasteiger partial charge >= 0.3 is 0 Å². The number of rotatable bonds is 7.